The van der Waals surface area contributed by atoms with Crippen LogP contribution in [0.5, 0.6) is 0 Å². The van der Waals surface area contributed by atoms with Gasteiger partial charge < -0.3 is 33.2 Å². The molecule has 0 saturated heterocycles. The second-order valence-electron chi connectivity index (χ2n) is 7.42. The Hall–Kier alpha value is -0.320. The van der Waals surface area contributed by atoms with Gasteiger partial charge in [-0.3, -0.25) is 4.90 Å². The number of hydrogen-bond donors (Lipinski definition) is 0. The van der Waals surface area contributed by atoms with Gasteiger partial charge in [0.2, 0.25) is 0 Å². The summed E-state index contributed by atoms with van der Waals surface area (Å²) in [6.07, 6.45) is 4.54. The van der Waals surface area contributed by atoms with Crippen LogP contribution in [-0.4, -0.2) is 117 Å². The van der Waals surface area contributed by atoms with Crippen molar-refractivity contribution in [3.63, 3.8) is 0 Å². The van der Waals surface area contributed by atoms with Gasteiger partial charge in [-0.25, -0.2) is 0 Å². The van der Waals surface area contributed by atoms with E-state index in [9.17, 15) is 0 Å². The molecule has 0 aliphatic heterocycles. The molecule has 8 heteroatoms. The summed E-state index contributed by atoms with van der Waals surface area (Å²) in [5, 5.41) is 0. The third-order valence-electron chi connectivity index (χ3n) is 4.63. The van der Waals surface area contributed by atoms with Crippen LogP contribution in [0.15, 0.2) is 0 Å². The van der Waals surface area contributed by atoms with Crippen molar-refractivity contribution in [2.75, 3.05) is 112 Å². The van der Waals surface area contributed by atoms with Gasteiger partial charge in [0.05, 0.1) is 72.7 Å². The maximum absolute atomic E-state index is 5.72. The van der Waals surface area contributed by atoms with E-state index >= 15 is 0 Å². The Kier molecular flexibility index (Phi) is 28.4. The molecule has 32 heavy (non-hydrogen) atoms. The summed E-state index contributed by atoms with van der Waals surface area (Å²) in [4.78, 5) is 2.33. The van der Waals surface area contributed by atoms with Crippen molar-refractivity contribution in [1.82, 2.24) is 4.90 Å². The molecule has 0 aliphatic rings. The zero-order chi connectivity index (χ0) is 23.4. The normalized spacial score (nSPS) is 11.6. The third kappa shape index (κ3) is 25.9. The molecular weight excluding hydrogens is 414 g/mol. The van der Waals surface area contributed by atoms with Crippen LogP contribution < -0.4 is 0 Å². The van der Waals surface area contributed by atoms with Crippen molar-refractivity contribution in [2.45, 2.75) is 46.5 Å². The summed E-state index contributed by atoms with van der Waals surface area (Å²) < 4.78 is 38.8. The molecule has 0 spiro atoms. The fraction of sp³-hybridized carbons (Fsp3) is 1.00. The minimum Gasteiger partial charge on any atom is -0.380 e. The molecule has 0 atom stereocenters. The Morgan fingerprint density at radius 1 is 0.375 bits per heavy atom. The van der Waals surface area contributed by atoms with Crippen LogP contribution in [0.4, 0.5) is 0 Å². The largest absolute Gasteiger partial charge is 0.380 e. The molecule has 8 nitrogen and oxygen atoms in total. The number of unbranched alkanes of at least 4 members (excludes halogenated alkanes) is 2. The molecule has 0 heterocycles. The first-order valence-corrected chi connectivity index (χ1v) is 12.6. The Balaban J connectivity index is 3.71. The highest BCUT2D eigenvalue weighted by Gasteiger charge is 2.05. The van der Waals surface area contributed by atoms with E-state index in [1.807, 2.05) is 6.92 Å². The second-order valence-corrected chi connectivity index (χ2v) is 7.42. The molecule has 0 N–H and O–H groups in total. The van der Waals surface area contributed by atoms with E-state index in [0.29, 0.717) is 66.1 Å². The predicted molar refractivity (Wildman–Crippen MR) is 128 cm³/mol. The predicted octanol–water partition coefficient (Wildman–Crippen LogP) is 3.02. The van der Waals surface area contributed by atoms with Crippen LogP contribution in [0.3, 0.4) is 0 Å². The van der Waals surface area contributed by atoms with E-state index in [0.717, 1.165) is 71.7 Å². The van der Waals surface area contributed by atoms with Crippen molar-refractivity contribution >= 4 is 0 Å². The minimum absolute atomic E-state index is 0.579. The Bertz CT molecular complexity index is 337. The Morgan fingerprint density at radius 2 is 0.688 bits per heavy atom. The number of ether oxygens (including phenoxy) is 7. The molecule has 0 unspecified atom stereocenters. The SMILES string of the molecule is CCCCOCCOCCN(CCOCCCC)CCOCCOCCOCCOCC. The van der Waals surface area contributed by atoms with Crippen molar-refractivity contribution < 1.29 is 33.2 Å². The number of nitrogens with zero attached hydrogens (tertiary/aromatic N) is 1. The fourth-order valence-electron chi connectivity index (χ4n) is 2.64. The van der Waals surface area contributed by atoms with Crippen LogP contribution >= 0.6 is 0 Å². The quantitative estimate of drug-likeness (QED) is 0.163. The standard InChI is InChI=1S/C24H51NO7/c1-4-7-12-27-14-9-25(10-15-29-20-19-28-13-8-5-2)11-16-30-21-22-32-24-23-31-18-17-26-6-3/h4-24H2,1-3H3. The van der Waals surface area contributed by atoms with E-state index < -0.39 is 0 Å². The van der Waals surface area contributed by atoms with Gasteiger partial charge in [-0.05, 0) is 19.8 Å². The van der Waals surface area contributed by atoms with Gasteiger partial charge >= 0.3 is 0 Å². The van der Waals surface area contributed by atoms with Crippen LogP contribution in [0, 0.1) is 0 Å². The maximum atomic E-state index is 5.72. The zero-order valence-electron chi connectivity index (χ0n) is 21.2. The smallest absolute Gasteiger partial charge is 0.0701 e. The molecule has 0 aromatic rings. The van der Waals surface area contributed by atoms with Gasteiger partial charge in [0.25, 0.3) is 0 Å². The first-order valence-electron chi connectivity index (χ1n) is 12.6. The molecule has 0 aliphatic carbocycles. The highest BCUT2D eigenvalue weighted by atomic mass is 16.6. The fourth-order valence-corrected chi connectivity index (χ4v) is 2.64. The number of rotatable bonds is 28. The van der Waals surface area contributed by atoms with Crippen molar-refractivity contribution in [2.24, 2.45) is 0 Å². The lowest BCUT2D eigenvalue weighted by molar-refractivity contribution is -0.00560. The van der Waals surface area contributed by atoms with E-state index in [2.05, 4.69) is 18.7 Å². The third-order valence-corrected chi connectivity index (χ3v) is 4.63. The van der Waals surface area contributed by atoms with Crippen molar-refractivity contribution in [1.29, 1.82) is 0 Å². The minimum atomic E-state index is 0.579. The molecular formula is C24H51NO7. The van der Waals surface area contributed by atoms with Crippen LogP contribution in [-0.2, 0) is 33.2 Å². The zero-order valence-corrected chi connectivity index (χ0v) is 21.2. The average Bonchev–Trinajstić information content (AvgIpc) is 2.80. The van der Waals surface area contributed by atoms with Gasteiger partial charge in [0.1, 0.15) is 0 Å². The maximum Gasteiger partial charge on any atom is 0.0701 e. The van der Waals surface area contributed by atoms with E-state index in [1.54, 1.807) is 0 Å². The van der Waals surface area contributed by atoms with Crippen LogP contribution in [0.1, 0.15) is 46.5 Å². The van der Waals surface area contributed by atoms with E-state index in [4.69, 9.17) is 33.2 Å². The highest BCUT2D eigenvalue weighted by Crippen LogP contribution is 1.94. The molecule has 0 aromatic carbocycles. The van der Waals surface area contributed by atoms with Crippen LogP contribution in [0.25, 0.3) is 0 Å². The summed E-state index contributed by atoms with van der Waals surface area (Å²) >= 11 is 0. The molecule has 0 radical (unpaired) electrons. The van der Waals surface area contributed by atoms with Gasteiger partial charge in [0, 0.05) is 39.5 Å². The summed E-state index contributed by atoms with van der Waals surface area (Å²) in [6, 6.07) is 0. The first-order chi connectivity index (χ1) is 15.8. The summed E-state index contributed by atoms with van der Waals surface area (Å²) in [5.41, 5.74) is 0. The summed E-state index contributed by atoms with van der Waals surface area (Å²) in [5.74, 6) is 0. The molecule has 0 amide bonds. The molecule has 0 bridgehead atoms. The van der Waals surface area contributed by atoms with Gasteiger partial charge in [0.15, 0.2) is 0 Å². The second kappa shape index (κ2) is 28.7. The molecule has 0 saturated carbocycles. The van der Waals surface area contributed by atoms with Crippen molar-refractivity contribution in [3.05, 3.63) is 0 Å². The summed E-state index contributed by atoms with van der Waals surface area (Å²) in [7, 11) is 0. The monoisotopic (exact) mass is 465 g/mol. The number of hydrogen-bond acceptors (Lipinski definition) is 8. The lowest BCUT2D eigenvalue weighted by Gasteiger charge is -2.22. The van der Waals surface area contributed by atoms with E-state index in [-0.39, 0.29) is 0 Å². The Labute approximate surface area is 197 Å². The molecule has 194 valence electrons. The lowest BCUT2D eigenvalue weighted by atomic mass is 10.4. The van der Waals surface area contributed by atoms with Crippen molar-refractivity contribution in [3.8, 4) is 0 Å². The highest BCUT2D eigenvalue weighted by molar-refractivity contribution is 4.57. The van der Waals surface area contributed by atoms with E-state index in [1.165, 1.54) is 0 Å². The Morgan fingerprint density at radius 3 is 1.06 bits per heavy atom. The van der Waals surface area contributed by atoms with Gasteiger partial charge in [-0.15, -0.1) is 0 Å². The van der Waals surface area contributed by atoms with Gasteiger partial charge in [-0.2, -0.15) is 0 Å². The topological polar surface area (TPSA) is 67.9 Å². The molecule has 0 rings (SSSR count). The van der Waals surface area contributed by atoms with Crippen LogP contribution in [0.2, 0.25) is 0 Å². The first kappa shape index (κ1) is 31.7. The lowest BCUT2D eigenvalue weighted by Crippen LogP contribution is -2.34. The summed E-state index contributed by atoms with van der Waals surface area (Å²) in [6.45, 7) is 18.3. The molecule has 0 fully saturated rings. The van der Waals surface area contributed by atoms with Gasteiger partial charge in [-0.1, -0.05) is 26.7 Å². The average molecular weight is 466 g/mol. The molecule has 0 aromatic heterocycles.